The van der Waals surface area contributed by atoms with Gasteiger partial charge in [-0.15, -0.1) is 0 Å². The topological polar surface area (TPSA) is 74.6 Å². The molecule has 0 atom stereocenters. The van der Waals surface area contributed by atoms with Gasteiger partial charge in [0.25, 0.3) is 5.91 Å². The molecule has 2 heterocycles. The fraction of sp³-hybridized carbons (Fsp3) is 0.304. The van der Waals surface area contributed by atoms with Crippen molar-refractivity contribution in [3.05, 3.63) is 58.5 Å². The van der Waals surface area contributed by atoms with Crippen LogP contribution in [0.1, 0.15) is 11.1 Å². The van der Waals surface area contributed by atoms with Crippen molar-refractivity contribution in [1.29, 1.82) is 0 Å². The molecule has 0 unspecified atom stereocenters. The Morgan fingerprint density at radius 3 is 2.32 bits per heavy atom. The molecule has 162 valence electrons. The molecule has 2 aliphatic rings. The smallest absolute Gasteiger partial charge is 0.286 e. The number of aliphatic imine (C=N–C) groups is 1. The van der Waals surface area contributed by atoms with Gasteiger partial charge in [0.2, 0.25) is 5.75 Å². The minimum atomic E-state index is -0.252. The molecular weight excluding hydrogens is 414 g/mol. The van der Waals surface area contributed by atoms with Crippen LogP contribution in [-0.4, -0.2) is 66.4 Å². The lowest BCUT2D eigenvalue weighted by Gasteiger charge is -2.35. The number of amides is 1. The number of hydrogen-bond donors (Lipinski definition) is 1. The summed E-state index contributed by atoms with van der Waals surface area (Å²) >= 11 is 1.38. The number of phenols is 1. The highest BCUT2D eigenvalue weighted by atomic mass is 32.2. The van der Waals surface area contributed by atoms with Gasteiger partial charge in [-0.3, -0.25) is 9.69 Å². The monoisotopic (exact) mass is 439 g/mol. The summed E-state index contributed by atoms with van der Waals surface area (Å²) in [6.45, 7) is 4.45. The number of benzene rings is 2. The minimum Gasteiger partial charge on any atom is -0.502 e. The Hall–Kier alpha value is -2.97. The van der Waals surface area contributed by atoms with E-state index in [1.807, 2.05) is 6.07 Å². The Labute approximate surface area is 186 Å². The van der Waals surface area contributed by atoms with E-state index in [-0.39, 0.29) is 23.2 Å². The van der Waals surface area contributed by atoms with Crippen LogP contribution in [0, 0.1) is 0 Å². The summed E-state index contributed by atoms with van der Waals surface area (Å²) in [5.41, 5.74) is 2.01. The number of ether oxygens (including phenoxy) is 2. The van der Waals surface area contributed by atoms with Gasteiger partial charge in [0.15, 0.2) is 16.7 Å². The summed E-state index contributed by atoms with van der Waals surface area (Å²) in [6.07, 6.45) is 1.75. The van der Waals surface area contributed by atoms with Crippen molar-refractivity contribution >= 4 is 28.9 Å². The van der Waals surface area contributed by atoms with E-state index in [2.05, 4.69) is 39.1 Å². The first kappa shape index (κ1) is 21.3. The van der Waals surface area contributed by atoms with Crippen LogP contribution in [-0.2, 0) is 11.3 Å². The summed E-state index contributed by atoms with van der Waals surface area (Å²) in [5, 5.41) is 10.8. The standard InChI is InChI=1S/C23H25N3O4S/c1-29-18-12-17(13-19(30-2)21(18)27)14-20-22(28)24-23(31-20)26-10-8-25(9-11-26)15-16-6-4-3-5-7-16/h3-7,12-14,27H,8-11,15H2,1-2H3/b20-14-. The number of methoxy groups -OCH3 is 2. The van der Waals surface area contributed by atoms with Crippen LogP contribution in [0.2, 0.25) is 0 Å². The van der Waals surface area contributed by atoms with Crippen LogP contribution in [0.25, 0.3) is 6.08 Å². The molecule has 1 fully saturated rings. The maximum absolute atomic E-state index is 12.5. The molecule has 1 amide bonds. The third kappa shape index (κ3) is 4.86. The summed E-state index contributed by atoms with van der Waals surface area (Å²) in [7, 11) is 2.94. The third-order valence-electron chi connectivity index (χ3n) is 5.30. The summed E-state index contributed by atoms with van der Waals surface area (Å²) in [5.74, 6) is 0.259. The SMILES string of the molecule is COc1cc(/C=C2\SC(N3CCN(Cc4ccccc4)CC3)=NC2=O)cc(OC)c1O. The molecule has 0 aliphatic carbocycles. The number of thioether (sulfide) groups is 1. The van der Waals surface area contributed by atoms with Crippen LogP contribution in [0.5, 0.6) is 17.2 Å². The van der Waals surface area contributed by atoms with E-state index in [4.69, 9.17) is 9.47 Å². The number of phenolic OH excluding ortho intramolecular Hbond substituents is 1. The molecule has 0 spiro atoms. The van der Waals surface area contributed by atoms with E-state index >= 15 is 0 Å². The molecule has 4 rings (SSSR count). The molecule has 0 bridgehead atoms. The number of hydrogen-bond acceptors (Lipinski definition) is 7. The van der Waals surface area contributed by atoms with E-state index in [0.717, 1.165) is 37.9 Å². The average molecular weight is 440 g/mol. The van der Waals surface area contributed by atoms with Crippen molar-refractivity contribution in [3.8, 4) is 17.2 Å². The Morgan fingerprint density at radius 2 is 1.71 bits per heavy atom. The first-order valence-electron chi connectivity index (χ1n) is 10.1. The summed E-state index contributed by atoms with van der Waals surface area (Å²) in [6, 6.07) is 13.8. The van der Waals surface area contributed by atoms with Crippen LogP contribution in [0.3, 0.4) is 0 Å². The predicted molar refractivity (Wildman–Crippen MR) is 123 cm³/mol. The summed E-state index contributed by atoms with van der Waals surface area (Å²) in [4.78, 5) is 21.9. The second-order valence-corrected chi connectivity index (χ2v) is 8.34. The maximum atomic E-state index is 12.5. The van der Waals surface area contributed by atoms with Crippen molar-refractivity contribution in [1.82, 2.24) is 9.80 Å². The molecule has 2 aliphatic heterocycles. The summed E-state index contributed by atoms with van der Waals surface area (Å²) < 4.78 is 10.4. The van der Waals surface area contributed by atoms with Gasteiger partial charge in [-0.1, -0.05) is 30.3 Å². The average Bonchev–Trinajstić information content (AvgIpc) is 3.16. The zero-order chi connectivity index (χ0) is 21.8. The molecular formula is C23H25N3O4S. The number of carbonyl (C=O) groups excluding carboxylic acids is 1. The maximum Gasteiger partial charge on any atom is 0.286 e. The van der Waals surface area contributed by atoms with Gasteiger partial charge < -0.3 is 19.5 Å². The number of amidine groups is 1. The van der Waals surface area contributed by atoms with E-state index in [0.29, 0.717) is 10.5 Å². The highest BCUT2D eigenvalue weighted by molar-refractivity contribution is 8.18. The molecule has 1 saturated heterocycles. The number of piperazine rings is 1. The zero-order valence-electron chi connectivity index (χ0n) is 17.6. The van der Waals surface area contributed by atoms with E-state index in [1.165, 1.54) is 31.5 Å². The third-order valence-corrected chi connectivity index (χ3v) is 6.35. The van der Waals surface area contributed by atoms with Crippen molar-refractivity contribution in [2.75, 3.05) is 40.4 Å². The molecule has 1 N–H and O–H groups in total. The quantitative estimate of drug-likeness (QED) is 0.717. The van der Waals surface area contributed by atoms with Gasteiger partial charge in [0, 0.05) is 32.7 Å². The fourth-order valence-corrected chi connectivity index (χ4v) is 4.59. The van der Waals surface area contributed by atoms with Crippen molar-refractivity contribution in [3.63, 3.8) is 0 Å². The van der Waals surface area contributed by atoms with Crippen molar-refractivity contribution in [2.24, 2.45) is 4.99 Å². The Kier molecular flexibility index (Phi) is 6.48. The molecule has 2 aromatic rings. The molecule has 0 radical (unpaired) electrons. The van der Waals surface area contributed by atoms with Gasteiger partial charge >= 0.3 is 0 Å². The largest absolute Gasteiger partial charge is 0.502 e. The molecule has 8 heteroatoms. The van der Waals surface area contributed by atoms with E-state index in [9.17, 15) is 9.90 Å². The molecule has 2 aromatic carbocycles. The Bertz CT molecular complexity index is 990. The minimum absolute atomic E-state index is 0.0668. The Balaban J connectivity index is 1.40. The Morgan fingerprint density at radius 1 is 1.06 bits per heavy atom. The molecule has 7 nitrogen and oxygen atoms in total. The first-order chi connectivity index (χ1) is 15.1. The van der Waals surface area contributed by atoms with Gasteiger partial charge in [-0.2, -0.15) is 4.99 Å². The number of rotatable bonds is 5. The van der Waals surface area contributed by atoms with E-state index < -0.39 is 0 Å². The first-order valence-corrected chi connectivity index (χ1v) is 10.9. The van der Waals surface area contributed by atoms with Crippen molar-refractivity contribution < 1.29 is 19.4 Å². The number of aromatic hydroxyl groups is 1. The van der Waals surface area contributed by atoms with Crippen LogP contribution in [0.4, 0.5) is 0 Å². The van der Waals surface area contributed by atoms with Gasteiger partial charge in [0.1, 0.15) is 0 Å². The second-order valence-electron chi connectivity index (χ2n) is 7.33. The van der Waals surface area contributed by atoms with Crippen LogP contribution >= 0.6 is 11.8 Å². The molecule has 0 saturated carbocycles. The van der Waals surface area contributed by atoms with Gasteiger partial charge in [-0.25, -0.2) is 0 Å². The highest BCUT2D eigenvalue weighted by Crippen LogP contribution is 2.39. The molecule has 31 heavy (non-hydrogen) atoms. The van der Waals surface area contributed by atoms with Crippen LogP contribution < -0.4 is 9.47 Å². The normalized spacial score (nSPS) is 18.4. The van der Waals surface area contributed by atoms with Crippen LogP contribution in [0.15, 0.2) is 52.4 Å². The van der Waals surface area contributed by atoms with Gasteiger partial charge in [-0.05, 0) is 41.1 Å². The lowest BCUT2D eigenvalue weighted by atomic mass is 10.1. The lowest BCUT2D eigenvalue weighted by molar-refractivity contribution is -0.113. The van der Waals surface area contributed by atoms with Gasteiger partial charge in [0.05, 0.1) is 19.1 Å². The second kappa shape index (κ2) is 9.45. The lowest BCUT2D eigenvalue weighted by Crippen LogP contribution is -2.47. The molecule has 0 aromatic heterocycles. The predicted octanol–water partition coefficient (Wildman–Crippen LogP) is 3.20. The number of nitrogens with zero attached hydrogens (tertiary/aromatic N) is 3. The highest BCUT2D eigenvalue weighted by Gasteiger charge is 2.28. The zero-order valence-corrected chi connectivity index (χ0v) is 18.4. The van der Waals surface area contributed by atoms with Crippen molar-refractivity contribution in [2.45, 2.75) is 6.54 Å². The number of carbonyl (C=O) groups is 1. The van der Waals surface area contributed by atoms with E-state index in [1.54, 1.807) is 18.2 Å². The fourth-order valence-electron chi connectivity index (χ4n) is 3.62.